The molecule has 1 saturated heterocycles. The highest BCUT2D eigenvalue weighted by molar-refractivity contribution is 7.97. The second-order valence-corrected chi connectivity index (χ2v) is 31.0. The number of fused-ring (bicyclic) bond motifs is 2. The number of esters is 3. The number of carbonyl (C=O) groups excluding carboxylic acids is 3. The van der Waals surface area contributed by atoms with Gasteiger partial charge in [-0.1, -0.05) is 124 Å². The Morgan fingerprint density at radius 3 is 1.74 bits per heavy atom. The fraction of sp³-hybridized carbons (Fsp3) is 0.479. The Morgan fingerprint density at radius 2 is 1.23 bits per heavy atom. The molecule has 92 heavy (non-hydrogen) atoms. The molecule has 0 radical (unpaired) electrons. The molecule has 5 aromatic carbocycles. The summed E-state index contributed by atoms with van der Waals surface area (Å²) < 4.78 is 106. The lowest BCUT2D eigenvalue weighted by Crippen LogP contribution is -2.60. The Labute approximate surface area is 543 Å². The number of hydrogen-bond donors (Lipinski definition) is 1. The van der Waals surface area contributed by atoms with E-state index >= 15 is 0 Å². The zero-order valence-corrected chi connectivity index (χ0v) is 54.3. The molecule has 11 aliphatic rings. The van der Waals surface area contributed by atoms with Crippen molar-refractivity contribution in [2.45, 2.75) is 178 Å². The Morgan fingerprint density at radius 1 is 0.707 bits per heavy atom. The molecule has 11 fully saturated rings. The molecule has 0 spiro atoms. The maximum atomic E-state index is 13.4. The predicted molar refractivity (Wildman–Crippen MR) is 338 cm³/mol. The Hall–Kier alpha value is -5.88. The van der Waals surface area contributed by atoms with Crippen LogP contribution < -0.4 is 5.26 Å². The maximum Gasteiger partial charge on any atom is 0.432 e. The molecule has 1 N–H and O–H groups in total. The molecular weight excluding hydrogens is 1250 g/mol. The zero-order chi connectivity index (χ0) is 65.8. The fourth-order valence-electron chi connectivity index (χ4n) is 16.7. The number of alkyl halides is 4. The van der Waals surface area contributed by atoms with Crippen molar-refractivity contribution < 1.29 is 83.2 Å². The van der Waals surface area contributed by atoms with Gasteiger partial charge in [0.1, 0.15) is 35.5 Å². The van der Waals surface area contributed by atoms with Crippen molar-refractivity contribution in [3.05, 3.63) is 176 Å². The number of rotatable bonds is 17. The van der Waals surface area contributed by atoms with Crippen LogP contribution in [0.5, 0.6) is 0 Å². The predicted octanol–water partition coefficient (Wildman–Crippen LogP) is 14.3. The normalized spacial score (nSPS) is 30.9. The number of carbonyl (C=O) groups is 3. The van der Waals surface area contributed by atoms with Crippen molar-refractivity contribution in [3.63, 3.8) is 0 Å². The van der Waals surface area contributed by atoms with Gasteiger partial charge in [-0.05, 0) is 186 Å². The van der Waals surface area contributed by atoms with Crippen LogP contribution in [0.15, 0.2) is 185 Å². The maximum absolute atomic E-state index is 13.4. The van der Waals surface area contributed by atoms with Crippen LogP contribution in [-0.2, 0) is 74.5 Å². The number of ether oxygens (including phenoxy) is 4. The lowest BCUT2D eigenvalue weighted by Gasteiger charge is -2.60. The van der Waals surface area contributed by atoms with Gasteiger partial charge in [0, 0.05) is 35.5 Å². The van der Waals surface area contributed by atoms with Gasteiger partial charge in [-0.3, -0.25) is 9.22 Å². The summed E-state index contributed by atoms with van der Waals surface area (Å²) in [5, 5.41) is 18.7. The molecule has 1 heterocycles. The van der Waals surface area contributed by atoms with Crippen molar-refractivity contribution in [2.75, 3.05) is 0 Å². The van der Waals surface area contributed by atoms with Crippen molar-refractivity contribution in [3.8, 4) is 0 Å². The van der Waals surface area contributed by atoms with E-state index in [4.69, 9.17) is 18.4 Å². The Kier molecular flexibility index (Phi) is 21.4. The molecule has 21 heteroatoms. The van der Waals surface area contributed by atoms with Crippen LogP contribution in [0.25, 0.3) is 10.8 Å². The van der Waals surface area contributed by atoms with E-state index in [2.05, 4.69) is 132 Å². The summed E-state index contributed by atoms with van der Waals surface area (Å²) in [7, 11) is -3.45. The SMILES string of the molecule is C=C(C)C(=O)OC1(CC)C2CC3CC(C2)CC1C3.C=C(C)C(=O)OC1C2CC3C1OS(=O)(=O)C3C2.C=CC(=O)OC12CC3CC(CC(O)(C3)C1)C2.[O-]OOSC(F)(F)C(F)(F)OCc1cccc2ccccc12.c1ccc([S+](c2ccccc2)c2ccccc2)cc1. The molecule has 0 aromatic heterocycles. The summed E-state index contributed by atoms with van der Waals surface area (Å²) in [5.74, 6) is 3.29. The van der Waals surface area contributed by atoms with E-state index in [-0.39, 0.29) is 51.1 Å². The van der Waals surface area contributed by atoms with E-state index in [0.717, 1.165) is 55.7 Å². The van der Waals surface area contributed by atoms with Gasteiger partial charge in [-0.25, -0.2) is 14.4 Å². The molecular formula is C71H80F4O14S3. The molecule has 10 aliphatic carbocycles. The first kappa shape index (κ1) is 69.0. The van der Waals surface area contributed by atoms with Crippen LogP contribution in [0.1, 0.15) is 116 Å². The van der Waals surface area contributed by atoms with Gasteiger partial charge in [-0.15, -0.1) is 0 Å². The largest absolute Gasteiger partial charge is 0.691 e. The average molecular weight is 1330 g/mol. The number of aliphatic hydroxyl groups is 1. The van der Waals surface area contributed by atoms with Crippen LogP contribution >= 0.6 is 12.0 Å². The van der Waals surface area contributed by atoms with Crippen molar-refractivity contribution in [1.29, 1.82) is 0 Å². The number of benzene rings is 5. The van der Waals surface area contributed by atoms with Gasteiger partial charge in [0.2, 0.25) is 0 Å². The number of hydrogen-bond acceptors (Lipinski definition) is 15. The first-order valence-corrected chi connectivity index (χ1v) is 34.9. The van der Waals surface area contributed by atoms with E-state index in [1.165, 1.54) is 65.4 Å². The van der Waals surface area contributed by atoms with Gasteiger partial charge in [0.15, 0.2) is 14.7 Å². The third kappa shape index (κ3) is 15.3. The van der Waals surface area contributed by atoms with Crippen molar-refractivity contribution in [1.82, 2.24) is 0 Å². The van der Waals surface area contributed by atoms with Gasteiger partial charge < -0.3 is 29.3 Å². The molecule has 14 nitrogen and oxygen atoms in total. The van der Waals surface area contributed by atoms with Gasteiger partial charge in [-0.2, -0.15) is 30.3 Å². The van der Waals surface area contributed by atoms with E-state index in [9.17, 15) is 50.7 Å². The summed E-state index contributed by atoms with van der Waals surface area (Å²) >= 11 is -1.12. The Bertz CT molecular complexity index is 3420. The quantitative estimate of drug-likeness (QED) is 0.0106. The topological polar surface area (TPSA) is 193 Å². The molecule has 7 unspecified atom stereocenters. The van der Waals surface area contributed by atoms with E-state index < -0.39 is 63.9 Å². The summed E-state index contributed by atoms with van der Waals surface area (Å²) in [5.41, 5.74) is 0.0698. The molecule has 1 aliphatic heterocycles. The first-order valence-electron chi connectivity index (χ1n) is 31.4. The summed E-state index contributed by atoms with van der Waals surface area (Å²) in [4.78, 5) is 38.9. The molecule has 494 valence electrons. The third-order valence-electron chi connectivity index (χ3n) is 19.9. The smallest absolute Gasteiger partial charge is 0.432 e. The van der Waals surface area contributed by atoms with Crippen molar-refractivity contribution >= 4 is 61.7 Å². The second-order valence-electron chi connectivity index (χ2n) is 26.3. The molecule has 10 saturated carbocycles. The minimum Gasteiger partial charge on any atom is -0.691 e. The highest BCUT2D eigenvalue weighted by Crippen LogP contribution is 2.62. The van der Waals surface area contributed by atoms with Crippen LogP contribution in [0.2, 0.25) is 0 Å². The van der Waals surface area contributed by atoms with E-state index in [0.29, 0.717) is 58.6 Å². The van der Waals surface area contributed by atoms with E-state index in [1.807, 2.05) is 0 Å². The molecule has 16 rings (SSSR count). The third-order valence-corrected chi connectivity index (χ3v) is 24.5. The minimum atomic E-state index is -4.85. The van der Waals surface area contributed by atoms with Crippen LogP contribution in [0.4, 0.5) is 17.6 Å². The summed E-state index contributed by atoms with van der Waals surface area (Å²) in [6, 6.07) is 43.8. The average Bonchev–Trinajstić information content (AvgIpc) is 1.31. The molecule has 0 amide bonds. The summed E-state index contributed by atoms with van der Waals surface area (Å²) in [6.45, 7) is 15.5. The molecule has 7 atom stereocenters. The van der Waals surface area contributed by atoms with Gasteiger partial charge >= 0.3 is 29.3 Å². The first-order chi connectivity index (χ1) is 43.8. The van der Waals surface area contributed by atoms with Crippen molar-refractivity contribution in [2.24, 2.45) is 47.3 Å². The lowest BCUT2D eigenvalue weighted by atomic mass is 9.49. The second kappa shape index (κ2) is 28.6. The number of halogens is 4. The van der Waals surface area contributed by atoms with E-state index in [1.54, 1.807) is 50.2 Å². The van der Waals surface area contributed by atoms with Crippen LogP contribution in [0, 0.1) is 47.3 Å². The monoisotopic (exact) mass is 1330 g/mol. The highest BCUT2D eigenvalue weighted by atomic mass is 32.2. The lowest BCUT2D eigenvalue weighted by molar-refractivity contribution is -0.777. The highest BCUT2D eigenvalue weighted by Gasteiger charge is 2.66. The van der Waals surface area contributed by atoms with Gasteiger partial charge in [0.05, 0.1) is 28.4 Å². The molecule has 5 aromatic rings. The summed E-state index contributed by atoms with van der Waals surface area (Å²) in [6.07, 6.45) is 9.86. The Balaban J connectivity index is 0.000000126. The van der Waals surface area contributed by atoms with Crippen LogP contribution in [0.3, 0.4) is 0 Å². The minimum absolute atomic E-state index is 0.00733. The zero-order valence-electron chi connectivity index (χ0n) is 51.8. The fourth-order valence-corrected chi connectivity index (χ4v) is 20.9. The molecule has 10 bridgehead atoms. The van der Waals surface area contributed by atoms with Crippen LogP contribution in [-0.4, -0.2) is 77.1 Å². The standard InChI is InChI=1S/C18H15S.C16H24O2.C13H10F4O4S.C13H18O3.C11H14O5S/c1-4-10-16(11-5-1)19(17-12-6-2-7-13-17)18-14-8-3-9-15-18;1-4-16(18-15(17)10(2)3)13-6-11-5-12(8-13)9-14(16)7-11;14-12(15,13(16,17)22-21-20-18)19-8-10-6-3-5-9-4-1-2-7-11(9)10;1-2-11(14)16-13-6-9-3-10(7-13)5-12(15,4-9)8-13;1-5(2)11(12)15-9-6-3-7-8(4-6)17(13,14)16-10(7)9/h1-15H;11-14H,2,4-9H2,1,3H3;1-7,18H,8H2;2,9-10,15H,1,3-8H2;6-10H,1,3-4H2,2H3/q+1;;;;/p-1. The van der Waals surface area contributed by atoms with Gasteiger partial charge in [0.25, 0.3) is 10.1 Å².